The fourth-order valence-corrected chi connectivity index (χ4v) is 3.74. The zero-order chi connectivity index (χ0) is 15.6. The van der Waals surface area contributed by atoms with Crippen molar-refractivity contribution in [3.8, 4) is 0 Å². The molecule has 2 rings (SSSR count). The van der Waals surface area contributed by atoms with Gasteiger partial charge in [-0.1, -0.05) is 13.8 Å². The summed E-state index contributed by atoms with van der Waals surface area (Å²) in [7, 11) is -3.59. The largest absolute Gasteiger partial charge is 0.480 e. The van der Waals surface area contributed by atoms with Crippen molar-refractivity contribution in [2.45, 2.75) is 50.6 Å². The summed E-state index contributed by atoms with van der Waals surface area (Å²) in [5, 5.41) is 12.5. The second-order valence-corrected chi connectivity index (χ2v) is 7.69. The zero-order valence-electron chi connectivity index (χ0n) is 12.3. The molecule has 1 heterocycles. The normalized spacial score (nSPS) is 15.8. The van der Waals surface area contributed by atoms with Gasteiger partial charge in [-0.05, 0) is 25.2 Å². The van der Waals surface area contributed by atoms with Crippen molar-refractivity contribution >= 4 is 16.0 Å². The summed E-state index contributed by atoms with van der Waals surface area (Å²) in [5.41, 5.74) is 0. The molecular formula is C13H21N3O4S. The third kappa shape index (κ3) is 4.04. The topological polar surface area (TPSA) is 92.5 Å². The molecule has 1 N–H and O–H groups in total. The van der Waals surface area contributed by atoms with Crippen LogP contribution in [0.25, 0.3) is 0 Å². The summed E-state index contributed by atoms with van der Waals surface area (Å²) >= 11 is 0. The summed E-state index contributed by atoms with van der Waals surface area (Å²) in [6.45, 7) is 4.27. The van der Waals surface area contributed by atoms with Gasteiger partial charge in [0.1, 0.15) is 11.4 Å². The average Bonchev–Trinajstić information content (AvgIpc) is 3.07. The van der Waals surface area contributed by atoms with Crippen molar-refractivity contribution < 1.29 is 18.3 Å². The molecule has 0 saturated heterocycles. The molecule has 0 bridgehead atoms. The molecule has 1 aliphatic rings. The van der Waals surface area contributed by atoms with E-state index in [4.69, 9.17) is 5.11 Å². The lowest BCUT2D eigenvalue weighted by molar-refractivity contribution is -0.137. The van der Waals surface area contributed by atoms with E-state index in [1.807, 2.05) is 0 Å². The minimum atomic E-state index is -3.59. The standard InChI is InChI=1S/C13H21N3O4S/c1-10(2)5-6-16(11-3-4-11)21(19,20)12-7-14-15(8-12)9-13(17)18/h7-8,10-11H,3-6,9H2,1-2H3,(H,17,18). The van der Waals surface area contributed by atoms with Gasteiger partial charge in [0.15, 0.2) is 0 Å². The minimum absolute atomic E-state index is 0.0689. The molecule has 1 aromatic rings. The molecule has 118 valence electrons. The molecule has 0 amide bonds. The first-order valence-electron chi connectivity index (χ1n) is 7.07. The fourth-order valence-electron chi connectivity index (χ4n) is 2.09. The lowest BCUT2D eigenvalue weighted by Crippen LogP contribution is -2.34. The number of sulfonamides is 1. The molecule has 1 aliphatic carbocycles. The Labute approximate surface area is 124 Å². The maximum atomic E-state index is 12.7. The van der Waals surface area contributed by atoms with Crippen LogP contribution in [0.3, 0.4) is 0 Å². The van der Waals surface area contributed by atoms with E-state index in [0.717, 1.165) is 23.9 Å². The van der Waals surface area contributed by atoms with Crippen LogP contribution in [0.5, 0.6) is 0 Å². The van der Waals surface area contributed by atoms with E-state index >= 15 is 0 Å². The van der Waals surface area contributed by atoms with Crippen molar-refractivity contribution in [3.63, 3.8) is 0 Å². The highest BCUT2D eigenvalue weighted by Gasteiger charge is 2.38. The number of aromatic nitrogens is 2. The Balaban J connectivity index is 2.17. The lowest BCUT2D eigenvalue weighted by atomic mass is 10.1. The molecule has 0 unspecified atom stereocenters. The van der Waals surface area contributed by atoms with Gasteiger partial charge >= 0.3 is 5.97 Å². The van der Waals surface area contributed by atoms with E-state index in [1.54, 1.807) is 0 Å². The molecule has 1 fully saturated rings. The third-order valence-electron chi connectivity index (χ3n) is 3.39. The van der Waals surface area contributed by atoms with Gasteiger partial charge in [0.05, 0.1) is 6.20 Å². The number of rotatable bonds is 8. The molecule has 21 heavy (non-hydrogen) atoms. The highest BCUT2D eigenvalue weighted by molar-refractivity contribution is 7.89. The third-order valence-corrected chi connectivity index (χ3v) is 5.30. The maximum Gasteiger partial charge on any atom is 0.325 e. The molecule has 0 atom stereocenters. The van der Waals surface area contributed by atoms with Crippen LogP contribution in [0.4, 0.5) is 0 Å². The predicted octanol–water partition coefficient (Wildman–Crippen LogP) is 1.17. The van der Waals surface area contributed by atoms with E-state index in [9.17, 15) is 13.2 Å². The van der Waals surface area contributed by atoms with Gasteiger partial charge in [0.25, 0.3) is 0 Å². The van der Waals surface area contributed by atoms with Gasteiger partial charge in [-0.3, -0.25) is 9.48 Å². The Morgan fingerprint density at radius 1 is 1.52 bits per heavy atom. The SMILES string of the molecule is CC(C)CCN(C1CC1)S(=O)(=O)c1cnn(CC(=O)O)c1. The number of hydrogen-bond acceptors (Lipinski definition) is 4. The van der Waals surface area contributed by atoms with E-state index < -0.39 is 16.0 Å². The summed E-state index contributed by atoms with van der Waals surface area (Å²) in [6, 6.07) is 0.0802. The van der Waals surface area contributed by atoms with Crippen LogP contribution in [-0.2, 0) is 21.4 Å². The molecule has 7 nitrogen and oxygen atoms in total. The summed E-state index contributed by atoms with van der Waals surface area (Å²) in [4.78, 5) is 10.7. The van der Waals surface area contributed by atoms with Gasteiger partial charge < -0.3 is 5.11 Å². The number of carbonyl (C=O) groups is 1. The number of carboxylic acid groups (broad SMARTS) is 1. The van der Waals surface area contributed by atoms with Crippen LogP contribution >= 0.6 is 0 Å². The second-order valence-electron chi connectivity index (χ2n) is 5.80. The van der Waals surface area contributed by atoms with Crippen LogP contribution in [0.2, 0.25) is 0 Å². The number of nitrogens with zero attached hydrogens (tertiary/aromatic N) is 3. The van der Waals surface area contributed by atoms with Crippen LogP contribution in [-0.4, -0.2) is 46.2 Å². The number of aliphatic carboxylic acids is 1. The highest BCUT2D eigenvalue weighted by atomic mass is 32.2. The van der Waals surface area contributed by atoms with Crippen molar-refractivity contribution in [2.75, 3.05) is 6.54 Å². The molecule has 0 aliphatic heterocycles. The number of hydrogen-bond donors (Lipinski definition) is 1. The Hall–Kier alpha value is -1.41. The summed E-state index contributed by atoms with van der Waals surface area (Å²) in [5.74, 6) is -0.628. The number of carboxylic acids is 1. The van der Waals surface area contributed by atoms with Gasteiger partial charge in [0.2, 0.25) is 10.0 Å². The van der Waals surface area contributed by atoms with Crippen LogP contribution in [0.15, 0.2) is 17.3 Å². The quantitative estimate of drug-likeness (QED) is 0.777. The predicted molar refractivity (Wildman–Crippen MR) is 76.2 cm³/mol. The van der Waals surface area contributed by atoms with Crippen molar-refractivity contribution in [1.29, 1.82) is 0 Å². The Morgan fingerprint density at radius 2 is 2.19 bits per heavy atom. The van der Waals surface area contributed by atoms with E-state index in [1.165, 1.54) is 16.7 Å². The smallest absolute Gasteiger partial charge is 0.325 e. The van der Waals surface area contributed by atoms with E-state index in [2.05, 4.69) is 18.9 Å². The highest BCUT2D eigenvalue weighted by Crippen LogP contribution is 2.32. The summed E-state index contributed by atoms with van der Waals surface area (Å²) in [6.07, 6.45) is 5.09. The molecule has 8 heteroatoms. The zero-order valence-corrected chi connectivity index (χ0v) is 13.1. The summed E-state index contributed by atoms with van der Waals surface area (Å²) < 4.78 is 28.0. The van der Waals surface area contributed by atoms with E-state index in [-0.39, 0.29) is 17.5 Å². The molecule has 1 aromatic heterocycles. The molecular weight excluding hydrogens is 294 g/mol. The van der Waals surface area contributed by atoms with Crippen LogP contribution in [0, 0.1) is 5.92 Å². The Bertz CT molecular complexity index is 605. The average molecular weight is 315 g/mol. The second kappa shape index (κ2) is 6.15. The minimum Gasteiger partial charge on any atom is -0.480 e. The first-order valence-corrected chi connectivity index (χ1v) is 8.51. The van der Waals surface area contributed by atoms with Gasteiger partial charge in [-0.15, -0.1) is 0 Å². The Kier molecular flexibility index (Phi) is 4.67. The maximum absolute atomic E-state index is 12.7. The fraction of sp³-hybridized carbons (Fsp3) is 0.692. The molecule has 0 spiro atoms. The van der Waals surface area contributed by atoms with Gasteiger partial charge in [-0.25, -0.2) is 8.42 Å². The molecule has 0 aromatic carbocycles. The van der Waals surface area contributed by atoms with Crippen molar-refractivity contribution in [1.82, 2.24) is 14.1 Å². The van der Waals surface area contributed by atoms with Crippen LogP contribution < -0.4 is 0 Å². The first kappa shape index (κ1) is 16.0. The van der Waals surface area contributed by atoms with Gasteiger partial charge in [0, 0.05) is 18.8 Å². The van der Waals surface area contributed by atoms with E-state index in [0.29, 0.717) is 12.5 Å². The van der Waals surface area contributed by atoms with Gasteiger partial charge in [-0.2, -0.15) is 9.40 Å². The van der Waals surface area contributed by atoms with Crippen molar-refractivity contribution in [2.24, 2.45) is 5.92 Å². The Morgan fingerprint density at radius 3 is 2.71 bits per heavy atom. The van der Waals surface area contributed by atoms with Crippen molar-refractivity contribution in [3.05, 3.63) is 12.4 Å². The first-order chi connectivity index (χ1) is 9.80. The molecule has 0 radical (unpaired) electrons. The van der Waals surface area contributed by atoms with Crippen LogP contribution in [0.1, 0.15) is 33.1 Å². The lowest BCUT2D eigenvalue weighted by Gasteiger charge is -2.21. The molecule has 1 saturated carbocycles. The monoisotopic (exact) mass is 315 g/mol.